The van der Waals surface area contributed by atoms with Crippen molar-refractivity contribution in [1.29, 1.82) is 5.26 Å². The summed E-state index contributed by atoms with van der Waals surface area (Å²) in [6.07, 6.45) is 1.66. The third-order valence-corrected chi connectivity index (χ3v) is 3.92. The summed E-state index contributed by atoms with van der Waals surface area (Å²) in [5, 5.41) is 12.4. The summed E-state index contributed by atoms with van der Waals surface area (Å²) < 4.78 is 10.6. The average Bonchev–Trinajstić information content (AvgIpc) is 2.92. The molecule has 126 valence electrons. The molecule has 0 unspecified atom stereocenters. The quantitative estimate of drug-likeness (QED) is 0.316. The molecule has 0 aliphatic rings. The number of hydrogen-bond donors (Lipinski definition) is 1. The van der Waals surface area contributed by atoms with Crippen molar-refractivity contribution in [3.63, 3.8) is 0 Å². The lowest BCUT2D eigenvalue weighted by atomic mass is 10.0. The number of ether oxygens (including phenoxy) is 2. The Kier molecular flexibility index (Phi) is 8.62. The van der Waals surface area contributed by atoms with E-state index < -0.39 is 5.97 Å². The van der Waals surface area contributed by atoms with Crippen LogP contribution in [0.15, 0.2) is 17.5 Å². The first-order valence-electron chi connectivity index (χ1n) is 7.22. The first-order valence-corrected chi connectivity index (χ1v) is 8.42. The topological polar surface area (TPSA) is 84.2 Å². The first kappa shape index (κ1) is 19.4. The highest BCUT2D eigenvalue weighted by Crippen LogP contribution is 2.19. The van der Waals surface area contributed by atoms with E-state index in [4.69, 9.17) is 21.1 Å². The van der Waals surface area contributed by atoms with E-state index in [1.807, 2.05) is 26.8 Å². The van der Waals surface area contributed by atoms with E-state index in [9.17, 15) is 10.1 Å². The smallest absolute Gasteiger partial charge is 0.350 e. The third kappa shape index (κ3) is 6.57. The Morgan fingerprint density at radius 2 is 2.26 bits per heavy atom. The summed E-state index contributed by atoms with van der Waals surface area (Å²) in [5.41, 5.74) is 0.519. The van der Waals surface area contributed by atoms with E-state index in [0.29, 0.717) is 29.9 Å². The van der Waals surface area contributed by atoms with Crippen LogP contribution in [-0.4, -0.2) is 30.8 Å². The number of halogens is 1. The van der Waals surface area contributed by atoms with E-state index in [1.54, 1.807) is 6.20 Å². The van der Waals surface area contributed by atoms with Crippen LogP contribution in [0.5, 0.6) is 0 Å². The van der Waals surface area contributed by atoms with Gasteiger partial charge in [0.15, 0.2) is 10.0 Å². The molecule has 0 aliphatic heterocycles. The van der Waals surface area contributed by atoms with Gasteiger partial charge in [0.2, 0.25) is 0 Å². The molecule has 1 N–H and O–H groups in total. The zero-order chi connectivity index (χ0) is 17.2. The number of nitrogens with zero attached hydrogens (tertiary/aromatic N) is 2. The number of carbonyl (C=O) groups is 1. The Balaban J connectivity index is 2.77. The van der Waals surface area contributed by atoms with Crippen LogP contribution in [0.4, 0.5) is 0 Å². The Bertz CT molecular complexity index is 593. The van der Waals surface area contributed by atoms with Crippen LogP contribution in [0.2, 0.25) is 4.47 Å². The second-order valence-electron chi connectivity index (χ2n) is 4.82. The molecule has 0 amide bonds. The second kappa shape index (κ2) is 10.2. The summed E-state index contributed by atoms with van der Waals surface area (Å²) >= 11 is 7.13. The molecule has 0 atom stereocenters. The fourth-order valence-electron chi connectivity index (χ4n) is 1.75. The summed E-state index contributed by atoms with van der Waals surface area (Å²) in [6.45, 7) is 7.07. The number of esters is 1. The monoisotopic (exact) mass is 357 g/mol. The predicted octanol–water partition coefficient (Wildman–Crippen LogP) is 2.90. The number of aromatic nitrogens is 1. The number of nitrogens with one attached hydrogen (secondary N) is 1. The molecule has 6 nitrogen and oxygen atoms in total. The molecule has 0 saturated heterocycles. The molecule has 1 aromatic rings. The van der Waals surface area contributed by atoms with Gasteiger partial charge in [-0.1, -0.05) is 25.4 Å². The molecular formula is C15H20ClN3O3S. The molecule has 23 heavy (non-hydrogen) atoms. The molecule has 1 heterocycles. The minimum Gasteiger partial charge on any atom is -0.459 e. The van der Waals surface area contributed by atoms with E-state index in [0.717, 1.165) is 4.88 Å². The number of carbonyl (C=O) groups excluding carboxylic acids is 1. The highest BCUT2D eigenvalue weighted by atomic mass is 35.5. The Morgan fingerprint density at radius 3 is 2.78 bits per heavy atom. The highest BCUT2D eigenvalue weighted by molar-refractivity contribution is 7.15. The molecule has 1 rings (SSSR count). The second-order valence-corrected chi connectivity index (χ2v) is 6.52. The van der Waals surface area contributed by atoms with Gasteiger partial charge in [-0.25, -0.2) is 9.78 Å². The minimum absolute atomic E-state index is 0.0212. The van der Waals surface area contributed by atoms with Crippen molar-refractivity contribution in [1.82, 2.24) is 10.3 Å². The number of rotatable bonds is 9. The van der Waals surface area contributed by atoms with Crippen molar-refractivity contribution >= 4 is 28.9 Å². The highest BCUT2D eigenvalue weighted by Gasteiger charge is 2.19. The molecule has 0 fully saturated rings. The van der Waals surface area contributed by atoms with Gasteiger partial charge in [0.1, 0.15) is 12.7 Å². The van der Waals surface area contributed by atoms with Crippen LogP contribution in [0, 0.1) is 17.2 Å². The van der Waals surface area contributed by atoms with Crippen LogP contribution in [0.1, 0.15) is 25.6 Å². The predicted molar refractivity (Wildman–Crippen MR) is 88.9 cm³/mol. The van der Waals surface area contributed by atoms with E-state index in [-0.39, 0.29) is 18.1 Å². The van der Waals surface area contributed by atoms with Crippen LogP contribution < -0.4 is 5.32 Å². The molecule has 8 heteroatoms. The van der Waals surface area contributed by atoms with E-state index in [1.165, 1.54) is 11.3 Å². The maximum Gasteiger partial charge on any atom is 0.350 e. The van der Waals surface area contributed by atoms with E-state index >= 15 is 0 Å². The van der Waals surface area contributed by atoms with Gasteiger partial charge in [-0.15, -0.1) is 11.3 Å². The average molecular weight is 358 g/mol. The molecule has 0 radical (unpaired) electrons. The van der Waals surface area contributed by atoms with Crippen molar-refractivity contribution in [2.75, 3.05) is 19.8 Å². The molecular weight excluding hydrogens is 338 g/mol. The molecule has 0 aliphatic carbocycles. The largest absolute Gasteiger partial charge is 0.459 e. The lowest BCUT2D eigenvalue weighted by Gasteiger charge is -2.15. The van der Waals surface area contributed by atoms with Crippen molar-refractivity contribution in [2.24, 2.45) is 5.92 Å². The van der Waals surface area contributed by atoms with Gasteiger partial charge >= 0.3 is 5.97 Å². The Labute approximate surface area is 145 Å². The first-order chi connectivity index (χ1) is 11.0. The maximum absolute atomic E-state index is 12.1. The lowest BCUT2D eigenvalue weighted by Crippen LogP contribution is -2.23. The molecule has 1 aromatic heterocycles. The molecule has 0 aromatic carbocycles. The van der Waals surface area contributed by atoms with Gasteiger partial charge in [0, 0.05) is 23.4 Å². The van der Waals surface area contributed by atoms with Crippen LogP contribution in [0.3, 0.4) is 0 Å². The number of nitriles is 1. The Hall–Kier alpha value is -1.62. The van der Waals surface area contributed by atoms with Crippen LogP contribution in [0.25, 0.3) is 0 Å². The van der Waals surface area contributed by atoms with Crippen LogP contribution >= 0.6 is 22.9 Å². The standard InChI is InChI=1S/C15H20ClN3O3S/c1-4-21-5-6-22-14(20)12(7-17)13(10(2)3)18-8-11-9-19-15(16)23-11/h9-10,18H,4-6,8H2,1-3H3/b13-12+. The fraction of sp³-hybridized carbons (Fsp3) is 0.533. The number of allylic oxidation sites excluding steroid dienone is 1. The zero-order valence-corrected chi connectivity index (χ0v) is 15.0. The Morgan fingerprint density at radius 1 is 1.52 bits per heavy atom. The number of thiazole rings is 1. The normalized spacial score (nSPS) is 11.8. The van der Waals surface area contributed by atoms with Crippen molar-refractivity contribution < 1.29 is 14.3 Å². The summed E-state index contributed by atoms with van der Waals surface area (Å²) in [6, 6.07) is 1.93. The van der Waals surface area contributed by atoms with Gasteiger partial charge in [-0.05, 0) is 12.8 Å². The van der Waals surface area contributed by atoms with Crippen LogP contribution in [-0.2, 0) is 20.8 Å². The zero-order valence-electron chi connectivity index (χ0n) is 13.4. The SMILES string of the molecule is CCOCCOC(=O)/C(C#N)=C(/NCc1cnc(Cl)s1)C(C)C. The summed E-state index contributed by atoms with van der Waals surface area (Å²) in [5.74, 6) is -0.682. The van der Waals surface area contributed by atoms with Crippen molar-refractivity contribution in [2.45, 2.75) is 27.3 Å². The third-order valence-electron chi connectivity index (χ3n) is 2.81. The van der Waals surface area contributed by atoms with Crippen molar-refractivity contribution in [3.05, 3.63) is 26.8 Å². The van der Waals surface area contributed by atoms with Gasteiger partial charge in [0.05, 0.1) is 13.2 Å². The fourth-order valence-corrected chi connectivity index (χ4v) is 2.67. The minimum atomic E-state index is -0.647. The van der Waals surface area contributed by atoms with Gasteiger partial charge in [-0.2, -0.15) is 5.26 Å². The molecule has 0 bridgehead atoms. The van der Waals surface area contributed by atoms with Crippen molar-refractivity contribution in [3.8, 4) is 6.07 Å². The molecule has 0 saturated carbocycles. The van der Waals surface area contributed by atoms with Gasteiger partial charge in [0.25, 0.3) is 0 Å². The van der Waals surface area contributed by atoms with Gasteiger partial charge in [-0.3, -0.25) is 0 Å². The number of hydrogen-bond acceptors (Lipinski definition) is 7. The summed E-state index contributed by atoms with van der Waals surface area (Å²) in [7, 11) is 0. The summed E-state index contributed by atoms with van der Waals surface area (Å²) in [4.78, 5) is 16.9. The maximum atomic E-state index is 12.1. The van der Waals surface area contributed by atoms with Gasteiger partial charge < -0.3 is 14.8 Å². The lowest BCUT2D eigenvalue weighted by molar-refractivity contribution is -0.140. The van der Waals surface area contributed by atoms with E-state index in [2.05, 4.69) is 10.3 Å². The molecule has 0 spiro atoms.